The third-order valence-electron chi connectivity index (χ3n) is 10.9. The maximum atomic E-state index is 5.36. The van der Waals surface area contributed by atoms with Crippen LogP contribution >= 0.6 is 0 Å². The molecule has 0 N–H and O–H groups in total. The van der Waals surface area contributed by atoms with Gasteiger partial charge in [-0.1, -0.05) is 158 Å². The fourth-order valence-corrected chi connectivity index (χ4v) is 8.59. The molecule has 8 aromatic carbocycles. The van der Waals surface area contributed by atoms with E-state index in [4.69, 9.17) is 9.97 Å². The third kappa shape index (κ3) is 4.25. The number of pyridine rings is 2. The first-order chi connectivity index (χ1) is 25.8. The van der Waals surface area contributed by atoms with Crippen LogP contribution < -0.4 is 0 Å². The number of hydrogen-bond acceptors (Lipinski definition) is 2. The van der Waals surface area contributed by atoms with E-state index in [9.17, 15) is 0 Å². The van der Waals surface area contributed by atoms with Gasteiger partial charge in [-0.05, 0) is 95.4 Å². The molecular weight excluding hydrogens is 629 g/mol. The molecule has 0 atom stereocenters. The first-order valence-corrected chi connectivity index (χ1v) is 17.8. The Bertz CT molecular complexity index is 3020. The molecule has 0 bridgehead atoms. The molecule has 2 aromatic heterocycles. The molecule has 10 aromatic rings. The topological polar surface area (TPSA) is 25.8 Å². The van der Waals surface area contributed by atoms with Crippen LogP contribution in [0.3, 0.4) is 0 Å². The molecule has 240 valence electrons. The van der Waals surface area contributed by atoms with Crippen molar-refractivity contribution >= 4 is 43.4 Å². The van der Waals surface area contributed by atoms with Gasteiger partial charge in [-0.15, -0.1) is 0 Å². The van der Waals surface area contributed by atoms with Crippen molar-refractivity contribution in [2.24, 2.45) is 0 Å². The highest BCUT2D eigenvalue weighted by atomic mass is 14.8. The molecule has 2 nitrogen and oxygen atoms in total. The molecule has 0 radical (unpaired) electrons. The standard InChI is InChI=1S/C50H30N2/c1-2-14-35-34(13-1)36-15-3-4-17-38(36)40-27-25-33(30-45(40)39-18-6-5-16-37(35)39)47-41-19-7-9-21-43(41)48(44-22-10-8-20-42(44)47)46-28-26-32-24-23-31-12-11-29-51-49(31)50(32)52-46/h1-30H. The van der Waals surface area contributed by atoms with E-state index in [1.807, 2.05) is 12.3 Å². The second kappa shape index (κ2) is 11.3. The van der Waals surface area contributed by atoms with Crippen LogP contribution in [0.15, 0.2) is 182 Å². The second-order valence-electron chi connectivity index (χ2n) is 13.6. The average molecular weight is 659 g/mol. The summed E-state index contributed by atoms with van der Waals surface area (Å²) in [6, 6.07) is 64.0. The second-order valence-corrected chi connectivity index (χ2v) is 13.6. The van der Waals surface area contributed by atoms with Gasteiger partial charge >= 0.3 is 0 Å². The number of nitrogens with zero attached hydrogens (tertiary/aromatic N) is 2. The maximum Gasteiger partial charge on any atom is 0.0972 e. The molecule has 0 saturated carbocycles. The quantitative estimate of drug-likeness (QED) is 0.136. The number of fused-ring (bicyclic) bond motifs is 13. The summed E-state index contributed by atoms with van der Waals surface area (Å²) in [5.41, 5.74) is 16.4. The fraction of sp³-hybridized carbons (Fsp3) is 0. The Balaban J connectivity index is 1.21. The SMILES string of the molecule is c1ccc2c(c1)-c1ccccc1-c1ccc(-c3c4ccccc4c(-c4ccc5ccc6cccnc6c5n4)c4ccccc34)cc1-c1ccccc1-2. The third-order valence-corrected chi connectivity index (χ3v) is 10.9. The van der Waals surface area contributed by atoms with E-state index in [0.29, 0.717) is 0 Å². The van der Waals surface area contributed by atoms with E-state index in [-0.39, 0.29) is 0 Å². The van der Waals surface area contributed by atoms with Crippen molar-refractivity contribution < 1.29 is 0 Å². The van der Waals surface area contributed by atoms with Crippen LogP contribution in [-0.4, -0.2) is 9.97 Å². The van der Waals surface area contributed by atoms with Gasteiger partial charge in [0.05, 0.1) is 16.7 Å². The molecule has 2 heteroatoms. The molecule has 1 aliphatic carbocycles. The summed E-state index contributed by atoms with van der Waals surface area (Å²) in [7, 11) is 0. The lowest BCUT2D eigenvalue weighted by molar-refractivity contribution is 1.38. The van der Waals surface area contributed by atoms with Gasteiger partial charge in [0.1, 0.15) is 0 Å². The molecule has 0 fully saturated rings. The van der Waals surface area contributed by atoms with Gasteiger partial charge in [-0.3, -0.25) is 4.98 Å². The molecule has 0 amide bonds. The van der Waals surface area contributed by atoms with Crippen molar-refractivity contribution in [2.75, 3.05) is 0 Å². The number of aromatic nitrogens is 2. The van der Waals surface area contributed by atoms with Gasteiger partial charge in [0.2, 0.25) is 0 Å². The predicted molar refractivity (Wildman–Crippen MR) is 218 cm³/mol. The van der Waals surface area contributed by atoms with E-state index in [1.165, 1.54) is 77.2 Å². The number of benzene rings is 8. The van der Waals surface area contributed by atoms with Crippen LogP contribution in [0.4, 0.5) is 0 Å². The lowest BCUT2D eigenvalue weighted by Crippen LogP contribution is -1.98. The summed E-state index contributed by atoms with van der Waals surface area (Å²) in [5.74, 6) is 0. The number of rotatable bonds is 2. The largest absolute Gasteiger partial charge is 0.254 e. The molecule has 0 saturated heterocycles. The van der Waals surface area contributed by atoms with Crippen molar-refractivity contribution in [3.05, 3.63) is 182 Å². The van der Waals surface area contributed by atoms with Gasteiger partial charge in [0.25, 0.3) is 0 Å². The molecule has 0 spiro atoms. The van der Waals surface area contributed by atoms with E-state index < -0.39 is 0 Å². The molecule has 0 aliphatic heterocycles. The Kier molecular flexibility index (Phi) is 6.28. The van der Waals surface area contributed by atoms with Crippen LogP contribution in [0.1, 0.15) is 0 Å². The van der Waals surface area contributed by atoms with E-state index in [2.05, 4.69) is 170 Å². The molecule has 1 aliphatic rings. The molecule has 52 heavy (non-hydrogen) atoms. The monoisotopic (exact) mass is 658 g/mol. The Morgan fingerprint density at radius 3 is 1.31 bits per heavy atom. The molecule has 0 unspecified atom stereocenters. The lowest BCUT2D eigenvalue weighted by Gasteiger charge is -2.24. The zero-order chi connectivity index (χ0) is 34.2. The van der Waals surface area contributed by atoms with Crippen LogP contribution in [0.25, 0.3) is 110 Å². The first-order valence-electron chi connectivity index (χ1n) is 17.8. The van der Waals surface area contributed by atoms with Crippen LogP contribution in [0.2, 0.25) is 0 Å². The Labute approximate surface area is 301 Å². The summed E-state index contributed by atoms with van der Waals surface area (Å²) in [4.78, 5) is 10.1. The highest BCUT2D eigenvalue weighted by Crippen LogP contribution is 2.50. The minimum atomic E-state index is 0.926. The minimum Gasteiger partial charge on any atom is -0.254 e. The summed E-state index contributed by atoms with van der Waals surface area (Å²) in [5, 5.41) is 6.96. The van der Waals surface area contributed by atoms with Gasteiger partial charge < -0.3 is 0 Å². The average Bonchev–Trinajstić information content (AvgIpc) is 3.22. The van der Waals surface area contributed by atoms with Crippen molar-refractivity contribution in [3.8, 4) is 66.9 Å². The Morgan fingerprint density at radius 1 is 0.308 bits per heavy atom. The lowest BCUT2D eigenvalue weighted by atomic mass is 9.79. The fourth-order valence-electron chi connectivity index (χ4n) is 8.59. The maximum absolute atomic E-state index is 5.36. The summed E-state index contributed by atoms with van der Waals surface area (Å²) < 4.78 is 0. The number of hydrogen-bond donors (Lipinski definition) is 0. The zero-order valence-corrected chi connectivity index (χ0v) is 28.2. The highest BCUT2D eigenvalue weighted by molar-refractivity contribution is 6.22. The predicted octanol–water partition coefficient (Wildman–Crippen LogP) is 13.4. The minimum absolute atomic E-state index is 0.926. The normalized spacial score (nSPS) is 11.8. The first kappa shape index (κ1) is 28.9. The summed E-state index contributed by atoms with van der Waals surface area (Å²) >= 11 is 0. The smallest absolute Gasteiger partial charge is 0.0972 e. The van der Waals surface area contributed by atoms with Gasteiger partial charge in [0, 0.05) is 22.5 Å². The van der Waals surface area contributed by atoms with Gasteiger partial charge in [-0.2, -0.15) is 0 Å². The van der Waals surface area contributed by atoms with Gasteiger partial charge in [-0.25, -0.2) is 4.98 Å². The van der Waals surface area contributed by atoms with E-state index in [0.717, 1.165) is 33.1 Å². The van der Waals surface area contributed by atoms with Crippen LogP contribution in [-0.2, 0) is 0 Å². The molecular formula is C50H30N2. The van der Waals surface area contributed by atoms with Crippen LogP contribution in [0, 0.1) is 0 Å². The zero-order valence-electron chi connectivity index (χ0n) is 28.2. The Morgan fingerprint density at radius 2 is 0.750 bits per heavy atom. The highest BCUT2D eigenvalue weighted by Gasteiger charge is 2.23. The van der Waals surface area contributed by atoms with E-state index in [1.54, 1.807) is 0 Å². The van der Waals surface area contributed by atoms with Crippen LogP contribution in [0.5, 0.6) is 0 Å². The van der Waals surface area contributed by atoms with Crippen molar-refractivity contribution in [1.29, 1.82) is 0 Å². The summed E-state index contributed by atoms with van der Waals surface area (Å²) in [6.07, 6.45) is 1.85. The van der Waals surface area contributed by atoms with Crippen molar-refractivity contribution in [3.63, 3.8) is 0 Å². The summed E-state index contributed by atoms with van der Waals surface area (Å²) in [6.45, 7) is 0. The van der Waals surface area contributed by atoms with Crippen molar-refractivity contribution in [1.82, 2.24) is 9.97 Å². The van der Waals surface area contributed by atoms with Gasteiger partial charge in [0.15, 0.2) is 0 Å². The molecule has 11 rings (SSSR count). The van der Waals surface area contributed by atoms with Crippen molar-refractivity contribution in [2.45, 2.75) is 0 Å². The van der Waals surface area contributed by atoms with E-state index >= 15 is 0 Å². The Hall–Kier alpha value is -6.90. The molecule has 2 heterocycles.